The van der Waals surface area contributed by atoms with Gasteiger partial charge in [0, 0.05) is 27.6 Å². The highest BCUT2D eigenvalue weighted by Gasteiger charge is 2.07. The molecule has 0 saturated carbocycles. The topological polar surface area (TPSA) is 25.8 Å². The summed E-state index contributed by atoms with van der Waals surface area (Å²) in [6.45, 7) is 0. The Morgan fingerprint density at radius 2 is 2.21 bits per heavy atom. The van der Waals surface area contributed by atoms with Crippen LogP contribution >= 0.6 is 27.3 Å². The summed E-state index contributed by atoms with van der Waals surface area (Å²) < 4.78 is 2.27. The second kappa shape index (κ2) is 3.00. The van der Waals surface area contributed by atoms with E-state index < -0.39 is 0 Å². The zero-order chi connectivity index (χ0) is 9.54. The van der Waals surface area contributed by atoms with Crippen LogP contribution in [0.1, 0.15) is 0 Å². The Balaban J connectivity index is 2.65. The molecule has 3 rings (SSSR count). The fourth-order valence-electron chi connectivity index (χ4n) is 1.50. The lowest BCUT2D eigenvalue weighted by Crippen LogP contribution is -1.81. The second-order valence-electron chi connectivity index (χ2n) is 2.95. The molecule has 0 aliphatic heterocycles. The first-order chi connectivity index (χ1) is 6.86. The van der Waals surface area contributed by atoms with Gasteiger partial charge in [0.1, 0.15) is 0 Å². The van der Waals surface area contributed by atoms with Gasteiger partial charge in [0.05, 0.1) is 15.7 Å². The Morgan fingerprint density at radius 3 is 3.14 bits per heavy atom. The normalized spacial score (nSPS) is 11.2. The third-order valence-corrected chi connectivity index (χ3v) is 3.96. The number of fused-ring (bicyclic) bond motifs is 3. The van der Waals surface area contributed by atoms with Gasteiger partial charge >= 0.3 is 0 Å². The minimum absolute atomic E-state index is 0.944. The van der Waals surface area contributed by atoms with Crippen molar-refractivity contribution in [3.8, 4) is 0 Å². The van der Waals surface area contributed by atoms with Gasteiger partial charge in [0.25, 0.3) is 0 Å². The maximum absolute atomic E-state index is 4.36. The van der Waals surface area contributed by atoms with Crippen molar-refractivity contribution in [3.05, 3.63) is 34.4 Å². The summed E-state index contributed by atoms with van der Waals surface area (Å²) in [6.07, 6.45) is 3.70. The largest absolute Gasteiger partial charge is 0.254 e. The average molecular weight is 265 g/mol. The van der Waals surface area contributed by atoms with Crippen molar-refractivity contribution in [1.29, 1.82) is 0 Å². The van der Waals surface area contributed by atoms with Crippen LogP contribution in [0, 0.1) is 0 Å². The molecule has 0 N–H and O–H groups in total. The number of hydrogen-bond acceptors (Lipinski definition) is 3. The van der Waals surface area contributed by atoms with Crippen molar-refractivity contribution in [2.45, 2.75) is 0 Å². The molecule has 3 aromatic rings. The Morgan fingerprint density at radius 1 is 1.29 bits per heavy atom. The Bertz CT molecular complexity index is 618. The molecule has 0 fully saturated rings. The minimum Gasteiger partial charge on any atom is -0.254 e. The van der Waals surface area contributed by atoms with E-state index in [-0.39, 0.29) is 0 Å². The molecule has 0 radical (unpaired) electrons. The average Bonchev–Trinajstić information content (AvgIpc) is 2.61. The predicted molar refractivity (Wildman–Crippen MR) is 62.6 cm³/mol. The lowest BCUT2D eigenvalue weighted by atomic mass is 10.2. The SMILES string of the molecule is Brc1csc2cnc3cccnc3c12. The standard InChI is InChI=1S/C10H5BrN2S/c11-6-5-14-8-4-13-7-2-1-3-12-10(7)9(6)8/h1-5H. The quantitative estimate of drug-likeness (QED) is 0.620. The first-order valence-corrected chi connectivity index (χ1v) is 5.80. The molecule has 0 aliphatic carbocycles. The number of hydrogen-bond donors (Lipinski definition) is 0. The fraction of sp³-hybridized carbons (Fsp3) is 0. The summed E-state index contributed by atoms with van der Waals surface area (Å²) in [7, 11) is 0. The number of thiophene rings is 1. The van der Waals surface area contributed by atoms with E-state index in [1.54, 1.807) is 17.5 Å². The van der Waals surface area contributed by atoms with Crippen molar-refractivity contribution in [2.24, 2.45) is 0 Å². The molecule has 2 nitrogen and oxygen atoms in total. The highest BCUT2D eigenvalue weighted by atomic mass is 79.9. The summed E-state index contributed by atoms with van der Waals surface area (Å²) >= 11 is 5.21. The zero-order valence-corrected chi connectivity index (χ0v) is 9.47. The number of rotatable bonds is 0. The molecule has 0 spiro atoms. The minimum atomic E-state index is 0.944. The van der Waals surface area contributed by atoms with E-state index in [9.17, 15) is 0 Å². The van der Waals surface area contributed by atoms with Gasteiger partial charge in [-0.15, -0.1) is 11.3 Å². The van der Waals surface area contributed by atoms with Crippen LogP contribution in [-0.2, 0) is 0 Å². The van der Waals surface area contributed by atoms with Crippen molar-refractivity contribution in [1.82, 2.24) is 9.97 Å². The molecule has 0 amide bonds. The van der Waals surface area contributed by atoms with Crippen molar-refractivity contribution in [3.63, 3.8) is 0 Å². The third kappa shape index (κ3) is 1.07. The molecule has 14 heavy (non-hydrogen) atoms. The van der Waals surface area contributed by atoms with Gasteiger partial charge in [-0.25, -0.2) is 0 Å². The van der Waals surface area contributed by atoms with Crippen LogP contribution in [0.2, 0.25) is 0 Å². The molecule has 0 aromatic carbocycles. The second-order valence-corrected chi connectivity index (χ2v) is 4.72. The van der Waals surface area contributed by atoms with E-state index in [1.807, 2.05) is 18.3 Å². The molecule has 0 saturated heterocycles. The van der Waals surface area contributed by atoms with Gasteiger partial charge in [-0.1, -0.05) is 0 Å². The third-order valence-electron chi connectivity index (χ3n) is 2.12. The monoisotopic (exact) mass is 264 g/mol. The lowest BCUT2D eigenvalue weighted by molar-refractivity contribution is 1.37. The van der Waals surface area contributed by atoms with Crippen LogP contribution in [-0.4, -0.2) is 9.97 Å². The van der Waals surface area contributed by atoms with Crippen LogP contribution in [0.25, 0.3) is 21.1 Å². The molecule has 0 unspecified atom stereocenters. The number of aromatic nitrogens is 2. The molecule has 0 bridgehead atoms. The van der Waals surface area contributed by atoms with Crippen molar-refractivity contribution >= 4 is 48.4 Å². The first kappa shape index (κ1) is 8.32. The Kier molecular flexibility index (Phi) is 1.78. The van der Waals surface area contributed by atoms with E-state index in [2.05, 4.69) is 31.3 Å². The molecule has 4 heteroatoms. The number of nitrogens with zero attached hydrogens (tertiary/aromatic N) is 2. The molecular weight excluding hydrogens is 260 g/mol. The zero-order valence-electron chi connectivity index (χ0n) is 7.07. The van der Waals surface area contributed by atoms with E-state index >= 15 is 0 Å². The summed E-state index contributed by atoms with van der Waals surface area (Å²) in [5, 5.41) is 3.24. The van der Waals surface area contributed by atoms with Crippen LogP contribution in [0.4, 0.5) is 0 Å². The number of pyridine rings is 2. The highest BCUT2D eigenvalue weighted by molar-refractivity contribution is 9.10. The van der Waals surface area contributed by atoms with Crippen LogP contribution < -0.4 is 0 Å². The summed E-state index contributed by atoms with van der Waals surface area (Å²) in [5.41, 5.74) is 1.91. The lowest BCUT2D eigenvalue weighted by Gasteiger charge is -1.97. The first-order valence-electron chi connectivity index (χ1n) is 4.13. The maximum Gasteiger partial charge on any atom is 0.0984 e. The molecule has 3 heterocycles. The van der Waals surface area contributed by atoms with E-state index in [1.165, 1.54) is 10.1 Å². The van der Waals surface area contributed by atoms with Gasteiger partial charge in [0.2, 0.25) is 0 Å². The molecule has 3 aromatic heterocycles. The van der Waals surface area contributed by atoms with Crippen LogP contribution in [0.3, 0.4) is 0 Å². The fourth-order valence-corrected chi connectivity index (χ4v) is 3.10. The smallest absolute Gasteiger partial charge is 0.0984 e. The van der Waals surface area contributed by atoms with Crippen LogP contribution in [0.15, 0.2) is 34.4 Å². The van der Waals surface area contributed by atoms with Crippen molar-refractivity contribution < 1.29 is 0 Å². The molecule has 68 valence electrons. The Labute approximate surface area is 92.7 Å². The summed E-state index contributed by atoms with van der Waals surface area (Å²) in [4.78, 5) is 8.71. The van der Waals surface area contributed by atoms with Gasteiger partial charge in [0.15, 0.2) is 0 Å². The molecule has 0 aliphatic rings. The number of halogens is 1. The maximum atomic E-state index is 4.36. The van der Waals surface area contributed by atoms with E-state index in [0.717, 1.165) is 15.5 Å². The van der Waals surface area contributed by atoms with Crippen molar-refractivity contribution in [2.75, 3.05) is 0 Å². The molecular formula is C10H5BrN2S. The van der Waals surface area contributed by atoms with E-state index in [0.29, 0.717) is 0 Å². The highest BCUT2D eigenvalue weighted by Crippen LogP contribution is 2.33. The van der Waals surface area contributed by atoms with Gasteiger partial charge in [-0.3, -0.25) is 9.97 Å². The van der Waals surface area contributed by atoms with Gasteiger partial charge in [-0.05, 0) is 28.1 Å². The van der Waals surface area contributed by atoms with Gasteiger partial charge in [-0.2, -0.15) is 0 Å². The predicted octanol–water partition coefficient (Wildman–Crippen LogP) is 3.61. The molecule has 0 atom stereocenters. The van der Waals surface area contributed by atoms with E-state index in [4.69, 9.17) is 0 Å². The van der Waals surface area contributed by atoms with Crippen LogP contribution in [0.5, 0.6) is 0 Å². The summed E-state index contributed by atoms with van der Waals surface area (Å²) in [6, 6.07) is 3.88. The van der Waals surface area contributed by atoms with Gasteiger partial charge < -0.3 is 0 Å². The Hall–Kier alpha value is -1.00. The summed E-state index contributed by atoms with van der Waals surface area (Å²) in [5.74, 6) is 0.